The molecule has 2 aromatic carbocycles. The molecule has 7 nitrogen and oxygen atoms in total. The highest BCUT2D eigenvalue weighted by molar-refractivity contribution is 5.92. The first kappa shape index (κ1) is 22.0. The van der Waals surface area contributed by atoms with Crippen molar-refractivity contribution in [2.24, 2.45) is 0 Å². The normalized spacial score (nSPS) is 11.6. The summed E-state index contributed by atoms with van der Waals surface area (Å²) < 4.78 is 6.89. The summed E-state index contributed by atoms with van der Waals surface area (Å²) in [4.78, 5) is 36.4. The number of Topliss-reactive ketones (excluding diaryl/α,β-unsaturated/α-hetero) is 1. The first-order valence-electron chi connectivity index (χ1n) is 9.98. The third-order valence-electron chi connectivity index (χ3n) is 4.80. The third-order valence-corrected chi connectivity index (χ3v) is 4.80. The molecule has 0 radical (unpaired) electrons. The van der Waals surface area contributed by atoms with Crippen molar-refractivity contribution in [2.75, 3.05) is 6.61 Å². The molecule has 1 amide bonds. The average Bonchev–Trinajstić information content (AvgIpc) is 3.10. The van der Waals surface area contributed by atoms with E-state index in [4.69, 9.17) is 4.74 Å². The lowest BCUT2D eigenvalue weighted by atomic mass is 10.0. The number of nitrogens with one attached hydrogen (secondary N) is 1. The first-order valence-corrected chi connectivity index (χ1v) is 9.98. The van der Waals surface area contributed by atoms with E-state index in [1.54, 1.807) is 28.9 Å². The monoisotopic (exact) mass is 419 g/mol. The van der Waals surface area contributed by atoms with Gasteiger partial charge in [-0.2, -0.15) is 5.10 Å². The van der Waals surface area contributed by atoms with Crippen LogP contribution in [-0.4, -0.2) is 40.1 Å². The SMILES string of the molecule is CC(=O)C(Cc1ccccc1)NC(=O)COC(=O)c1ccc(-n2nc(C)cc2C)cc1. The number of hydrogen-bond donors (Lipinski definition) is 1. The molecule has 3 aromatic rings. The Hall–Kier alpha value is -3.74. The van der Waals surface area contributed by atoms with E-state index in [-0.39, 0.29) is 5.78 Å². The number of esters is 1. The molecule has 0 saturated carbocycles. The number of carbonyl (C=O) groups is 3. The van der Waals surface area contributed by atoms with Gasteiger partial charge in [-0.25, -0.2) is 9.48 Å². The number of ether oxygens (including phenoxy) is 1. The van der Waals surface area contributed by atoms with Crippen molar-refractivity contribution in [2.45, 2.75) is 33.2 Å². The number of nitrogens with zero attached hydrogens (tertiary/aromatic N) is 2. The predicted molar refractivity (Wildman–Crippen MR) is 116 cm³/mol. The number of aryl methyl sites for hydroxylation is 2. The molecule has 0 fully saturated rings. The largest absolute Gasteiger partial charge is 0.452 e. The van der Waals surface area contributed by atoms with Crippen LogP contribution >= 0.6 is 0 Å². The molecule has 1 heterocycles. The molecule has 31 heavy (non-hydrogen) atoms. The first-order chi connectivity index (χ1) is 14.8. The summed E-state index contributed by atoms with van der Waals surface area (Å²) in [6.07, 6.45) is 0.379. The Morgan fingerprint density at radius 2 is 1.71 bits per heavy atom. The third kappa shape index (κ3) is 5.88. The minimum Gasteiger partial charge on any atom is -0.452 e. The number of hydrogen-bond acceptors (Lipinski definition) is 5. The van der Waals surface area contributed by atoms with Crippen LogP contribution in [0.3, 0.4) is 0 Å². The van der Waals surface area contributed by atoms with Crippen LogP contribution in [-0.2, 0) is 20.7 Å². The predicted octanol–water partition coefficient (Wildman–Crippen LogP) is 2.96. The lowest BCUT2D eigenvalue weighted by Gasteiger charge is -2.16. The maximum absolute atomic E-state index is 12.3. The summed E-state index contributed by atoms with van der Waals surface area (Å²) in [6, 6.07) is 17.5. The van der Waals surface area contributed by atoms with Crippen LogP contribution in [0.25, 0.3) is 5.69 Å². The quantitative estimate of drug-likeness (QED) is 0.567. The van der Waals surface area contributed by atoms with E-state index in [1.807, 2.05) is 50.2 Å². The van der Waals surface area contributed by atoms with E-state index in [0.717, 1.165) is 22.6 Å². The molecule has 0 bridgehead atoms. The van der Waals surface area contributed by atoms with Crippen molar-refractivity contribution >= 4 is 17.7 Å². The average molecular weight is 419 g/mol. The van der Waals surface area contributed by atoms with Crippen LogP contribution in [0.4, 0.5) is 0 Å². The van der Waals surface area contributed by atoms with Gasteiger partial charge in [-0.05, 0) is 63.1 Å². The summed E-state index contributed by atoms with van der Waals surface area (Å²) in [7, 11) is 0. The molecule has 0 aliphatic carbocycles. The van der Waals surface area contributed by atoms with Gasteiger partial charge in [0.25, 0.3) is 5.91 Å². The lowest BCUT2D eigenvalue weighted by Crippen LogP contribution is -2.43. The molecule has 1 aromatic heterocycles. The van der Waals surface area contributed by atoms with Crippen molar-refractivity contribution < 1.29 is 19.1 Å². The molecule has 0 aliphatic rings. The van der Waals surface area contributed by atoms with Crippen molar-refractivity contribution in [1.82, 2.24) is 15.1 Å². The Bertz CT molecular complexity index is 1070. The fourth-order valence-electron chi connectivity index (χ4n) is 3.23. The minimum absolute atomic E-state index is 0.164. The Morgan fingerprint density at radius 1 is 1.03 bits per heavy atom. The van der Waals surface area contributed by atoms with Gasteiger partial charge in [0.05, 0.1) is 23.0 Å². The van der Waals surface area contributed by atoms with Crippen LogP contribution in [0.15, 0.2) is 60.7 Å². The number of benzene rings is 2. The standard InChI is InChI=1S/C24H25N3O4/c1-16-13-17(2)27(26-16)21-11-9-20(10-12-21)24(30)31-15-23(29)25-22(18(3)28)14-19-7-5-4-6-8-19/h4-13,22H,14-15H2,1-3H3,(H,25,29). The molecule has 1 unspecified atom stereocenters. The Labute approximate surface area is 181 Å². The van der Waals surface area contributed by atoms with Crippen LogP contribution in [0.2, 0.25) is 0 Å². The highest BCUT2D eigenvalue weighted by atomic mass is 16.5. The number of carbonyl (C=O) groups excluding carboxylic acids is 3. The molecule has 0 saturated heterocycles. The van der Waals surface area contributed by atoms with Crippen molar-refractivity contribution in [1.29, 1.82) is 0 Å². The Morgan fingerprint density at radius 3 is 2.29 bits per heavy atom. The number of amides is 1. The topological polar surface area (TPSA) is 90.3 Å². The second-order valence-electron chi connectivity index (χ2n) is 7.38. The smallest absolute Gasteiger partial charge is 0.338 e. The lowest BCUT2D eigenvalue weighted by molar-refractivity contribution is -0.128. The van der Waals surface area contributed by atoms with Crippen LogP contribution in [0.1, 0.15) is 34.2 Å². The van der Waals surface area contributed by atoms with E-state index in [1.165, 1.54) is 6.92 Å². The molecule has 0 spiro atoms. The second-order valence-corrected chi connectivity index (χ2v) is 7.38. The van der Waals surface area contributed by atoms with E-state index in [2.05, 4.69) is 10.4 Å². The number of rotatable bonds is 8. The summed E-state index contributed by atoms with van der Waals surface area (Å²) in [5, 5.41) is 7.04. The minimum atomic E-state index is -0.673. The van der Waals surface area contributed by atoms with Crippen LogP contribution < -0.4 is 5.32 Å². The van der Waals surface area contributed by atoms with E-state index < -0.39 is 24.5 Å². The molecule has 160 valence electrons. The van der Waals surface area contributed by atoms with Crippen molar-refractivity contribution in [3.63, 3.8) is 0 Å². The van der Waals surface area contributed by atoms with E-state index in [0.29, 0.717) is 12.0 Å². The highest BCUT2D eigenvalue weighted by Gasteiger charge is 2.19. The van der Waals surface area contributed by atoms with Gasteiger partial charge in [0.2, 0.25) is 0 Å². The molecule has 3 rings (SSSR count). The maximum Gasteiger partial charge on any atom is 0.338 e. The molecule has 0 aliphatic heterocycles. The van der Waals surface area contributed by atoms with Gasteiger partial charge in [0, 0.05) is 5.69 Å². The molecule has 1 N–H and O–H groups in total. The van der Waals surface area contributed by atoms with E-state index in [9.17, 15) is 14.4 Å². The van der Waals surface area contributed by atoms with Gasteiger partial charge in [0.15, 0.2) is 12.4 Å². The van der Waals surface area contributed by atoms with Gasteiger partial charge < -0.3 is 10.1 Å². The molecular weight excluding hydrogens is 394 g/mol. The molecular formula is C24H25N3O4. The van der Waals surface area contributed by atoms with Crippen LogP contribution in [0.5, 0.6) is 0 Å². The van der Waals surface area contributed by atoms with Crippen molar-refractivity contribution in [3.05, 3.63) is 83.2 Å². The second kappa shape index (κ2) is 9.84. The Balaban J connectivity index is 1.55. The van der Waals surface area contributed by atoms with Crippen molar-refractivity contribution in [3.8, 4) is 5.69 Å². The Kier molecular flexibility index (Phi) is 6.97. The zero-order chi connectivity index (χ0) is 22.4. The summed E-state index contributed by atoms with van der Waals surface area (Å²) in [6.45, 7) is 4.82. The zero-order valence-electron chi connectivity index (χ0n) is 17.8. The fourth-order valence-corrected chi connectivity index (χ4v) is 3.23. The summed E-state index contributed by atoms with van der Waals surface area (Å²) >= 11 is 0. The van der Waals surface area contributed by atoms with Gasteiger partial charge >= 0.3 is 5.97 Å². The maximum atomic E-state index is 12.3. The zero-order valence-corrected chi connectivity index (χ0v) is 17.8. The number of aromatic nitrogens is 2. The molecule has 7 heteroatoms. The summed E-state index contributed by atoms with van der Waals surface area (Å²) in [5.74, 6) is -1.30. The van der Waals surface area contributed by atoms with Gasteiger partial charge in [-0.3, -0.25) is 9.59 Å². The highest BCUT2D eigenvalue weighted by Crippen LogP contribution is 2.13. The fraction of sp³-hybridized carbons (Fsp3) is 0.250. The van der Waals surface area contributed by atoms with Gasteiger partial charge in [0.1, 0.15) is 0 Å². The van der Waals surface area contributed by atoms with Gasteiger partial charge in [-0.15, -0.1) is 0 Å². The van der Waals surface area contributed by atoms with Gasteiger partial charge in [-0.1, -0.05) is 30.3 Å². The van der Waals surface area contributed by atoms with E-state index >= 15 is 0 Å². The summed E-state index contributed by atoms with van der Waals surface area (Å²) in [5.41, 5.74) is 3.97. The number of ketones is 1. The van der Waals surface area contributed by atoms with Crippen LogP contribution in [0, 0.1) is 13.8 Å². The molecule has 1 atom stereocenters.